The predicted molar refractivity (Wildman–Crippen MR) is 111 cm³/mol. The van der Waals surface area contributed by atoms with Crippen LogP contribution in [0.3, 0.4) is 0 Å². The van der Waals surface area contributed by atoms with Crippen LogP contribution in [-0.4, -0.2) is 50.1 Å². The summed E-state index contributed by atoms with van der Waals surface area (Å²) in [6.45, 7) is 2.01. The van der Waals surface area contributed by atoms with Gasteiger partial charge in [-0.25, -0.2) is 8.42 Å². The van der Waals surface area contributed by atoms with E-state index in [1.165, 1.54) is 6.07 Å². The second-order valence-electron chi connectivity index (χ2n) is 7.43. The van der Waals surface area contributed by atoms with Gasteiger partial charge in [-0.3, -0.25) is 9.69 Å². The van der Waals surface area contributed by atoms with Crippen molar-refractivity contribution in [1.29, 1.82) is 0 Å². The SMILES string of the molecule is CN(CC(=O)c1cccc(S(=O)(=O)N2CCCCCC2)c1)Cc1ccccc1. The smallest absolute Gasteiger partial charge is 0.243 e. The normalized spacial score (nSPS) is 16.1. The molecule has 0 aliphatic carbocycles. The molecule has 0 aromatic heterocycles. The molecule has 150 valence electrons. The highest BCUT2D eigenvalue weighted by Gasteiger charge is 2.25. The highest BCUT2D eigenvalue weighted by atomic mass is 32.2. The van der Waals surface area contributed by atoms with Gasteiger partial charge in [-0.15, -0.1) is 0 Å². The summed E-state index contributed by atoms with van der Waals surface area (Å²) >= 11 is 0. The summed E-state index contributed by atoms with van der Waals surface area (Å²) in [5, 5.41) is 0. The molecule has 0 N–H and O–H groups in total. The molecular weight excluding hydrogens is 372 g/mol. The summed E-state index contributed by atoms with van der Waals surface area (Å²) in [6, 6.07) is 16.4. The van der Waals surface area contributed by atoms with Crippen LogP contribution in [0.5, 0.6) is 0 Å². The third kappa shape index (κ3) is 5.28. The number of nitrogens with zero attached hydrogens (tertiary/aromatic N) is 2. The van der Waals surface area contributed by atoms with Gasteiger partial charge in [-0.2, -0.15) is 4.31 Å². The Bertz CT molecular complexity index is 889. The molecule has 1 aliphatic rings. The third-order valence-electron chi connectivity index (χ3n) is 5.07. The molecule has 0 unspecified atom stereocenters. The minimum atomic E-state index is -3.55. The summed E-state index contributed by atoms with van der Waals surface area (Å²) in [6.07, 6.45) is 3.92. The topological polar surface area (TPSA) is 57.7 Å². The van der Waals surface area contributed by atoms with Gasteiger partial charge in [0.15, 0.2) is 5.78 Å². The number of benzene rings is 2. The van der Waals surface area contributed by atoms with Gasteiger partial charge >= 0.3 is 0 Å². The molecule has 6 heteroatoms. The molecule has 0 atom stereocenters. The lowest BCUT2D eigenvalue weighted by Gasteiger charge is -2.20. The van der Waals surface area contributed by atoms with Crippen LogP contribution in [0.1, 0.15) is 41.6 Å². The highest BCUT2D eigenvalue weighted by molar-refractivity contribution is 7.89. The van der Waals surface area contributed by atoms with Crippen molar-refractivity contribution >= 4 is 15.8 Å². The van der Waals surface area contributed by atoms with E-state index >= 15 is 0 Å². The first-order valence-corrected chi connectivity index (χ1v) is 11.3. The number of rotatable bonds is 7. The van der Waals surface area contributed by atoms with Gasteiger partial charge in [0.2, 0.25) is 10.0 Å². The standard InChI is InChI=1S/C22H28N2O3S/c1-23(17-19-10-5-4-6-11-19)18-22(25)20-12-9-13-21(16-20)28(26,27)24-14-7-2-3-8-15-24/h4-6,9-13,16H,2-3,7-8,14-15,17-18H2,1H3. The van der Waals surface area contributed by atoms with E-state index < -0.39 is 10.0 Å². The molecule has 5 nitrogen and oxygen atoms in total. The lowest BCUT2D eigenvalue weighted by Crippen LogP contribution is -2.32. The average molecular weight is 401 g/mol. The Labute approximate surface area is 168 Å². The van der Waals surface area contributed by atoms with Crippen molar-refractivity contribution in [3.8, 4) is 0 Å². The Morgan fingerprint density at radius 3 is 2.32 bits per heavy atom. The minimum Gasteiger partial charge on any atom is -0.295 e. The first kappa shape index (κ1) is 20.7. The van der Waals surface area contributed by atoms with Crippen molar-refractivity contribution in [2.24, 2.45) is 0 Å². The maximum absolute atomic E-state index is 13.0. The van der Waals surface area contributed by atoms with Gasteiger partial charge < -0.3 is 0 Å². The maximum atomic E-state index is 13.0. The number of ketones is 1. The van der Waals surface area contributed by atoms with E-state index in [2.05, 4.69) is 0 Å². The number of hydrogen-bond donors (Lipinski definition) is 0. The molecule has 1 saturated heterocycles. The lowest BCUT2D eigenvalue weighted by molar-refractivity contribution is 0.0943. The molecule has 1 fully saturated rings. The lowest BCUT2D eigenvalue weighted by atomic mass is 10.1. The van der Waals surface area contributed by atoms with Crippen molar-refractivity contribution in [3.05, 3.63) is 65.7 Å². The molecule has 0 saturated carbocycles. The van der Waals surface area contributed by atoms with Crippen molar-refractivity contribution < 1.29 is 13.2 Å². The van der Waals surface area contributed by atoms with E-state index in [4.69, 9.17) is 0 Å². The van der Waals surface area contributed by atoms with E-state index in [-0.39, 0.29) is 17.2 Å². The number of hydrogen-bond acceptors (Lipinski definition) is 4. The molecule has 1 aliphatic heterocycles. The molecule has 0 bridgehead atoms. The fourth-order valence-electron chi connectivity index (χ4n) is 3.55. The van der Waals surface area contributed by atoms with E-state index in [9.17, 15) is 13.2 Å². The second-order valence-corrected chi connectivity index (χ2v) is 9.37. The molecular formula is C22H28N2O3S. The zero-order chi connectivity index (χ0) is 20.0. The summed E-state index contributed by atoms with van der Waals surface area (Å²) in [7, 11) is -1.66. The van der Waals surface area contributed by atoms with Gasteiger partial charge in [-0.1, -0.05) is 55.3 Å². The quantitative estimate of drug-likeness (QED) is 0.667. The predicted octanol–water partition coefficient (Wildman–Crippen LogP) is 3.57. The molecule has 2 aromatic carbocycles. The highest BCUT2D eigenvalue weighted by Crippen LogP contribution is 2.21. The Hall–Kier alpha value is -2.02. The molecule has 0 spiro atoms. The monoisotopic (exact) mass is 400 g/mol. The molecule has 0 amide bonds. The van der Waals surface area contributed by atoms with E-state index in [0.29, 0.717) is 25.2 Å². The van der Waals surface area contributed by atoms with Crippen molar-refractivity contribution in [2.75, 3.05) is 26.7 Å². The first-order valence-electron chi connectivity index (χ1n) is 9.83. The van der Waals surface area contributed by atoms with Crippen LogP contribution in [0.4, 0.5) is 0 Å². The summed E-state index contributed by atoms with van der Waals surface area (Å²) in [4.78, 5) is 14.9. The summed E-state index contributed by atoms with van der Waals surface area (Å²) < 4.78 is 27.5. The summed E-state index contributed by atoms with van der Waals surface area (Å²) in [5.41, 5.74) is 1.58. The van der Waals surface area contributed by atoms with Crippen LogP contribution in [0.15, 0.2) is 59.5 Å². The molecule has 2 aromatic rings. The molecule has 1 heterocycles. The van der Waals surface area contributed by atoms with Gasteiger partial charge in [0.1, 0.15) is 0 Å². The van der Waals surface area contributed by atoms with Gasteiger partial charge in [0.25, 0.3) is 0 Å². The van der Waals surface area contributed by atoms with Crippen molar-refractivity contribution in [3.63, 3.8) is 0 Å². The van der Waals surface area contributed by atoms with Crippen LogP contribution < -0.4 is 0 Å². The van der Waals surface area contributed by atoms with E-state index in [1.54, 1.807) is 22.5 Å². The van der Waals surface area contributed by atoms with Gasteiger partial charge in [0.05, 0.1) is 11.4 Å². The van der Waals surface area contributed by atoms with Crippen molar-refractivity contribution in [1.82, 2.24) is 9.21 Å². The van der Waals surface area contributed by atoms with Gasteiger partial charge in [0, 0.05) is 25.2 Å². The average Bonchev–Trinajstić information content (AvgIpc) is 2.99. The fourth-order valence-corrected chi connectivity index (χ4v) is 5.11. The Morgan fingerprint density at radius 1 is 0.964 bits per heavy atom. The molecule has 3 rings (SSSR count). The molecule has 28 heavy (non-hydrogen) atoms. The first-order chi connectivity index (χ1) is 13.5. The number of likely N-dealkylation sites (N-methyl/N-ethyl adjacent to an activating group) is 1. The number of carbonyl (C=O) groups excluding carboxylic acids is 1. The van der Waals surface area contributed by atoms with E-state index in [1.807, 2.05) is 42.3 Å². The van der Waals surface area contributed by atoms with Crippen LogP contribution in [-0.2, 0) is 16.6 Å². The summed E-state index contributed by atoms with van der Waals surface area (Å²) in [5.74, 6) is -0.0775. The van der Waals surface area contributed by atoms with Crippen LogP contribution >= 0.6 is 0 Å². The minimum absolute atomic E-state index is 0.0775. The number of carbonyl (C=O) groups is 1. The third-order valence-corrected chi connectivity index (χ3v) is 6.96. The van der Waals surface area contributed by atoms with Crippen LogP contribution in [0, 0.1) is 0 Å². The largest absolute Gasteiger partial charge is 0.295 e. The Morgan fingerprint density at radius 2 is 1.64 bits per heavy atom. The Balaban J connectivity index is 1.70. The van der Waals surface area contributed by atoms with Crippen molar-refractivity contribution in [2.45, 2.75) is 37.1 Å². The number of Topliss-reactive ketones (excluding diaryl/α,β-unsaturated/α-hetero) is 1. The van der Waals surface area contributed by atoms with Crippen LogP contribution in [0.2, 0.25) is 0 Å². The Kier molecular flexibility index (Phi) is 6.99. The maximum Gasteiger partial charge on any atom is 0.243 e. The zero-order valence-corrected chi connectivity index (χ0v) is 17.2. The fraction of sp³-hybridized carbons (Fsp3) is 0.409. The zero-order valence-electron chi connectivity index (χ0n) is 16.4. The molecule has 0 radical (unpaired) electrons. The van der Waals surface area contributed by atoms with Gasteiger partial charge in [-0.05, 0) is 37.6 Å². The second kappa shape index (κ2) is 9.45. The van der Waals surface area contributed by atoms with E-state index in [0.717, 1.165) is 31.2 Å². The van der Waals surface area contributed by atoms with Crippen LogP contribution in [0.25, 0.3) is 0 Å². The number of sulfonamides is 1.